The van der Waals surface area contributed by atoms with E-state index in [0.29, 0.717) is 5.75 Å². The van der Waals surface area contributed by atoms with Gasteiger partial charge in [-0.15, -0.1) is 0 Å². The zero-order valence-corrected chi connectivity index (χ0v) is 9.46. The third kappa shape index (κ3) is 1.56. The Morgan fingerprint density at radius 3 is 2.76 bits per heavy atom. The molecule has 0 aliphatic rings. The minimum Gasteiger partial charge on any atom is -0.507 e. The number of nitrogens with zero attached hydrogens (tertiary/aromatic N) is 2. The summed E-state index contributed by atoms with van der Waals surface area (Å²) in [6, 6.07) is 13.4. The van der Waals surface area contributed by atoms with Crippen molar-refractivity contribution in [1.29, 1.82) is 0 Å². The maximum absolute atomic E-state index is 9.82. The average molecular weight is 224 g/mol. The van der Waals surface area contributed by atoms with Crippen LogP contribution in [0.1, 0.15) is 0 Å². The molecule has 0 aliphatic carbocycles. The van der Waals surface area contributed by atoms with Gasteiger partial charge in [-0.1, -0.05) is 24.3 Å². The van der Waals surface area contributed by atoms with Crippen LogP contribution in [-0.2, 0) is 7.05 Å². The highest BCUT2D eigenvalue weighted by Gasteiger charge is 2.05. The van der Waals surface area contributed by atoms with E-state index in [-0.39, 0.29) is 0 Å². The van der Waals surface area contributed by atoms with Gasteiger partial charge in [0.2, 0.25) is 0 Å². The number of rotatable bonds is 1. The van der Waals surface area contributed by atoms with Crippen LogP contribution in [0, 0.1) is 0 Å². The monoisotopic (exact) mass is 224 g/mol. The fraction of sp³-hybridized carbons (Fsp3) is 0.0714. The summed E-state index contributed by atoms with van der Waals surface area (Å²) < 4.78 is 1.84. The molecule has 3 heteroatoms. The van der Waals surface area contributed by atoms with Crippen LogP contribution in [0.15, 0.2) is 48.7 Å². The molecular weight excluding hydrogens is 212 g/mol. The fourth-order valence-electron chi connectivity index (χ4n) is 2.05. The van der Waals surface area contributed by atoms with Gasteiger partial charge in [0.15, 0.2) is 0 Å². The Morgan fingerprint density at radius 2 is 1.94 bits per heavy atom. The minimum absolute atomic E-state index is 0.302. The molecule has 1 N–H and O–H groups in total. The molecule has 2 aromatic carbocycles. The molecule has 3 aromatic rings. The summed E-state index contributed by atoms with van der Waals surface area (Å²) in [5.74, 6) is 0.302. The molecule has 0 fully saturated rings. The van der Waals surface area contributed by atoms with Crippen molar-refractivity contribution in [2.75, 3.05) is 0 Å². The SMILES string of the molecule is Cn1ncc2cc(-c3ccccc3O)ccc21. The lowest BCUT2D eigenvalue weighted by Crippen LogP contribution is -1.88. The molecule has 0 spiro atoms. The van der Waals surface area contributed by atoms with E-state index in [2.05, 4.69) is 5.10 Å². The molecule has 1 aromatic heterocycles. The van der Waals surface area contributed by atoms with Gasteiger partial charge in [0, 0.05) is 18.0 Å². The highest BCUT2D eigenvalue weighted by Crippen LogP contribution is 2.30. The van der Waals surface area contributed by atoms with Crippen LogP contribution >= 0.6 is 0 Å². The first-order chi connectivity index (χ1) is 8.25. The first-order valence-electron chi connectivity index (χ1n) is 5.46. The van der Waals surface area contributed by atoms with Gasteiger partial charge in [-0.05, 0) is 23.8 Å². The predicted molar refractivity (Wildman–Crippen MR) is 67.8 cm³/mol. The summed E-state index contributed by atoms with van der Waals surface area (Å²) in [5.41, 5.74) is 2.94. The molecule has 0 amide bonds. The van der Waals surface area contributed by atoms with Crippen molar-refractivity contribution in [2.24, 2.45) is 7.05 Å². The maximum Gasteiger partial charge on any atom is 0.123 e. The molecule has 84 valence electrons. The third-order valence-electron chi connectivity index (χ3n) is 2.96. The molecule has 3 nitrogen and oxygen atoms in total. The zero-order valence-electron chi connectivity index (χ0n) is 9.46. The number of phenols is 1. The Hall–Kier alpha value is -2.29. The average Bonchev–Trinajstić information content (AvgIpc) is 2.71. The number of phenolic OH excluding ortho intramolecular Hbond substituents is 1. The highest BCUT2D eigenvalue weighted by atomic mass is 16.3. The quantitative estimate of drug-likeness (QED) is 0.690. The van der Waals surface area contributed by atoms with Crippen molar-refractivity contribution in [3.63, 3.8) is 0 Å². The van der Waals surface area contributed by atoms with Crippen molar-refractivity contribution in [3.8, 4) is 16.9 Å². The minimum atomic E-state index is 0.302. The van der Waals surface area contributed by atoms with Crippen LogP contribution < -0.4 is 0 Å². The van der Waals surface area contributed by atoms with E-state index in [0.717, 1.165) is 22.0 Å². The molecule has 17 heavy (non-hydrogen) atoms. The number of aryl methyl sites for hydroxylation is 1. The molecular formula is C14H12N2O. The molecule has 0 radical (unpaired) electrons. The fourth-order valence-corrected chi connectivity index (χ4v) is 2.05. The number of fused-ring (bicyclic) bond motifs is 1. The van der Waals surface area contributed by atoms with Crippen LogP contribution in [0.3, 0.4) is 0 Å². The van der Waals surface area contributed by atoms with E-state index in [4.69, 9.17) is 0 Å². The molecule has 0 bridgehead atoms. The molecule has 0 aliphatic heterocycles. The molecule has 0 saturated carbocycles. The van der Waals surface area contributed by atoms with Gasteiger partial charge in [-0.25, -0.2) is 0 Å². The van der Waals surface area contributed by atoms with Gasteiger partial charge < -0.3 is 5.11 Å². The summed E-state index contributed by atoms with van der Waals surface area (Å²) in [6.07, 6.45) is 1.83. The largest absolute Gasteiger partial charge is 0.507 e. The van der Waals surface area contributed by atoms with E-state index >= 15 is 0 Å². The zero-order chi connectivity index (χ0) is 11.8. The first-order valence-corrected chi connectivity index (χ1v) is 5.46. The van der Waals surface area contributed by atoms with Crippen LogP contribution in [0.25, 0.3) is 22.0 Å². The lowest BCUT2D eigenvalue weighted by atomic mass is 10.0. The van der Waals surface area contributed by atoms with Crippen molar-refractivity contribution in [1.82, 2.24) is 9.78 Å². The Balaban J connectivity index is 2.22. The summed E-state index contributed by atoms with van der Waals surface area (Å²) in [5, 5.41) is 15.1. The number of benzene rings is 2. The number of hydrogen-bond donors (Lipinski definition) is 1. The van der Waals surface area contributed by atoms with Gasteiger partial charge in [-0.3, -0.25) is 4.68 Å². The van der Waals surface area contributed by atoms with E-state index in [9.17, 15) is 5.11 Å². The Bertz CT molecular complexity index is 686. The van der Waals surface area contributed by atoms with E-state index in [1.165, 1.54) is 0 Å². The van der Waals surface area contributed by atoms with Crippen molar-refractivity contribution >= 4 is 10.9 Å². The van der Waals surface area contributed by atoms with Gasteiger partial charge in [0.1, 0.15) is 5.75 Å². The van der Waals surface area contributed by atoms with Gasteiger partial charge in [0.25, 0.3) is 0 Å². The Labute approximate surface area is 98.9 Å². The first kappa shape index (κ1) is 9.90. The van der Waals surface area contributed by atoms with Crippen LogP contribution in [-0.4, -0.2) is 14.9 Å². The number of aromatic nitrogens is 2. The lowest BCUT2D eigenvalue weighted by Gasteiger charge is -2.04. The third-order valence-corrected chi connectivity index (χ3v) is 2.96. The summed E-state index contributed by atoms with van der Waals surface area (Å²) in [7, 11) is 1.92. The Morgan fingerprint density at radius 1 is 1.12 bits per heavy atom. The van der Waals surface area contributed by atoms with E-state index < -0.39 is 0 Å². The molecule has 0 saturated heterocycles. The smallest absolute Gasteiger partial charge is 0.123 e. The second-order valence-corrected chi connectivity index (χ2v) is 4.06. The number of para-hydroxylation sites is 1. The number of hydrogen-bond acceptors (Lipinski definition) is 2. The van der Waals surface area contributed by atoms with Gasteiger partial charge >= 0.3 is 0 Å². The number of aromatic hydroxyl groups is 1. The second-order valence-electron chi connectivity index (χ2n) is 4.06. The van der Waals surface area contributed by atoms with E-state index in [1.54, 1.807) is 6.07 Å². The summed E-state index contributed by atoms with van der Waals surface area (Å²) in [6.45, 7) is 0. The molecule has 1 heterocycles. The second kappa shape index (κ2) is 3.63. The van der Waals surface area contributed by atoms with Crippen LogP contribution in [0.4, 0.5) is 0 Å². The predicted octanol–water partition coefficient (Wildman–Crippen LogP) is 2.95. The van der Waals surface area contributed by atoms with Crippen molar-refractivity contribution in [2.45, 2.75) is 0 Å². The van der Waals surface area contributed by atoms with E-state index in [1.807, 2.05) is 54.3 Å². The standard InChI is InChI=1S/C14H12N2O/c1-16-13-7-6-10(8-11(13)9-15-16)12-4-2-3-5-14(12)17/h2-9,17H,1H3. The summed E-state index contributed by atoms with van der Waals surface area (Å²) >= 11 is 0. The highest BCUT2D eigenvalue weighted by molar-refractivity contribution is 5.85. The van der Waals surface area contributed by atoms with Crippen molar-refractivity contribution < 1.29 is 5.11 Å². The van der Waals surface area contributed by atoms with Crippen molar-refractivity contribution in [3.05, 3.63) is 48.7 Å². The normalized spacial score (nSPS) is 10.9. The molecule has 0 unspecified atom stereocenters. The lowest BCUT2D eigenvalue weighted by molar-refractivity contribution is 0.477. The van der Waals surface area contributed by atoms with Gasteiger partial charge in [0.05, 0.1) is 11.7 Å². The summed E-state index contributed by atoms with van der Waals surface area (Å²) in [4.78, 5) is 0. The topological polar surface area (TPSA) is 38.0 Å². The maximum atomic E-state index is 9.82. The molecule has 0 atom stereocenters. The molecule has 3 rings (SSSR count). The van der Waals surface area contributed by atoms with Crippen LogP contribution in [0.5, 0.6) is 5.75 Å². The van der Waals surface area contributed by atoms with Gasteiger partial charge in [-0.2, -0.15) is 5.10 Å². The Kier molecular flexibility index (Phi) is 2.11. The van der Waals surface area contributed by atoms with Crippen LogP contribution in [0.2, 0.25) is 0 Å².